The molecule has 2 heterocycles. The summed E-state index contributed by atoms with van der Waals surface area (Å²) in [6, 6.07) is 18.3. The van der Waals surface area contributed by atoms with E-state index in [1.54, 1.807) is 6.07 Å². The lowest BCUT2D eigenvalue weighted by molar-refractivity contribution is -0.660. The molecule has 0 bridgehead atoms. The molecule has 0 unspecified atom stereocenters. The lowest BCUT2D eigenvalue weighted by Gasteiger charge is -2.30. The maximum Gasteiger partial charge on any atom is 0.216 e. The maximum absolute atomic E-state index is 16.1. The van der Waals surface area contributed by atoms with Gasteiger partial charge in [-0.3, -0.25) is 0 Å². The first kappa shape index (κ1) is 25.8. The Morgan fingerprint density at radius 1 is 0.795 bits per heavy atom. The van der Waals surface area contributed by atoms with Gasteiger partial charge in [-0.25, -0.2) is 8.96 Å². The summed E-state index contributed by atoms with van der Waals surface area (Å²) in [5.41, 5.74) is 10.1. The zero-order valence-corrected chi connectivity index (χ0v) is 24.7. The van der Waals surface area contributed by atoms with Gasteiger partial charge in [0.25, 0.3) is 0 Å². The Labute approximate surface area is 231 Å². The van der Waals surface area contributed by atoms with Crippen molar-refractivity contribution in [2.75, 3.05) is 0 Å². The van der Waals surface area contributed by atoms with Gasteiger partial charge in [0.05, 0.1) is 11.1 Å². The average Bonchev–Trinajstić information content (AvgIpc) is 3.30. The number of furan rings is 1. The number of pyridine rings is 1. The number of rotatable bonds is 2. The van der Waals surface area contributed by atoms with Gasteiger partial charge in [-0.2, -0.15) is 0 Å². The molecule has 0 N–H and O–H groups in total. The molecule has 0 radical (unpaired) electrons. The van der Waals surface area contributed by atoms with Crippen LogP contribution < -0.4 is 4.57 Å². The second-order valence-corrected chi connectivity index (χ2v) is 13.8. The summed E-state index contributed by atoms with van der Waals surface area (Å²) in [6.07, 6.45) is 3.06. The van der Waals surface area contributed by atoms with Crippen LogP contribution >= 0.6 is 0 Å². The predicted molar refractivity (Wildman–Crippen MR) is 160 cm³/mol. The molecule has 0 atom stereocenters. The molecule has 1 aliphatic carbocycles. The maximum atomic E-state index is 16.1. The van der Waals surface area contributed by atoms with Crippen molar-refractivity contribution in [2.24, 2.45) is 7.05 Å². The second-order valence-electron chi connectivity index (χ2n) is 13.8. The molecule has 0 aliphatic heterocycles. The van der Waals surface area contributed by atoms with Gasteiger partial charge in [0.2, 0.25) is 5.69 Å². The molecule has 0 fully saturated rings. The lowest BCUT2D eigenvalue weighted by Crippen LogP contribution is -2.30. The van der Waals surface area contributed by atoms with Gasteiger partial charge >= 0.3 is 0 Å². The van der Waals surface area contributed by atoms with E-state index in [1.807, 2.05) is 31.4 Å². The third kappa shape index (κ3) is 3.77. The Morgan fingerprint density at radius 2 is 1.44 bits per heavy atom. The lowest BCUT2D eigenvalue weighted by atomic mass is 9.74. The van der Waals surface area contributed by atoms with E-state index in [9.17, 15) is 0 Å². The minimum atomic E-state index is -0.240. The van der Waals surface area contributed by atoms with Crippen LogP contribution in [0.5, 0.6) is 0 Å². The van der Waals surface area contributed by atoms with Gasteiger partial charge in [-0.05, 0) is 75.6 Å². The highest BCUT2D eigenvalue weighted by molar-refractivity contribution is 6.13. The number of aryl methyl sites for hydroxylation is 2. The van der Waals surface area contributed by atoms with Crippen molar-refractivity contribution in [1.82, 2.24) is 0 Å². The van der Waals surface area contributed by atoms with Crippen molar-refractivity contribution in [2.45, 2.75) is 78.1 Å². The van der Waals surface area contributed by atoms with Gasteiger partial charge in [-0.1, -0.05) is 72.7 Å². The summed E-state index contributed by atoms with van der Waals surface area (Å²) < 4.78 is 25.0. The third-order valence-corrected chi connectivity index (χ3v) is 8.80. The smallest absolute Gasteiger partial charge is 0.216 e. The zero-order chi connectivity index (χ0) is 28.1. The predicted octanol–water partition coefficient (Wildman–Crippen LogP) is 9.45. The van der Waals surface area contributed by atoms with Crippen molar-refractivity contribution < 1.29 is 13.4 Å². The molecular formula is C36H39FNO+. The molecule has 0 spiro atoms. The highest BCUT2D eigenvalue weighted by Crippen LogP contribution is 2.56. The summed E-state index contributed by atoms with van der Waals surface area (Å²) in [4.78, 5) is 0. The van der Waals surface area contributed by atoms with E-state index in [-0.39, 0.29) is 22.1 Å². The zero-order valence-electron chi connectivity index (χ0n) is 24.7. The van der Waals surface area contributed by atoms with E-state index in [4.69, 9.17) is 4.42 Å². The number of fused-ring (bicyclic) bond motifs is 4. The van der Waals surface area contributed by atoms with E-state index >= 15 is 4.39 Å². The van der Waals surface area contributed by atoms with E-state index in [0.29, 0.717) is 11.1 Å². The van der Waals surface area contributed by atoms with Gasteiger partial charge in [0.1, 0.15) is 24.0 Å². The molecule has 3 heteroatoms. The molecule has 3 aromatic carbocycles. The molecule has 200 valence electrons. The number of halogens is 1. The summed E-state index contributed by atoms with van der Waals surface area (Å²) in [5.74, 6) is -0.240. The number of benzene rings is 3. The highest BCUT2D eigenvalue weighted by Gasteiger charge is 2.46. The van der Waals surface area contributed by atoms with Crippen molar-refractivity contribution in [3.8, 4) is 22.4 Å². The Bertz CT molecular complexity index is 1800. The number of nitrogens with zero attached hydrogens (tertiary/aromatic N) is 1. The monoisotopic (exact) mass is 520 g/mol. The molecule has 2 nitrogen and oxygen atoms in total. The Balaban J connectivity index is 1.74. The first-order chi connectivity index (χ1) is 18.2. The van der Waals surface area contributed by atoms with Gasteiger partial charge in [-0.15, -0.1) is 0 Å². The number of aromatic nitrogens is 1. The first-order valence-corrected chi connectivity index (χ1v) is 14.0. The van der Waals surface area contributed by atoms with Crippen LogP contribution in [-0.4, -0.2) is 0 Å². The molecule has 6 rings (SSSR count). The van der Waals surface area contributed by atoms with Crippen LogP contribution in [0.25, 0.3) is 44.3 Å². The average molecular weight is 521 g/mol. The second kappa shape index (κ2) is 8.27. The molecule has 39 heavy (non-hydrogen) atoms. The Kier molecular flexibility index (Phi) is 5.47. The summed E-state index contributed by atoms with van der Waals surface area (Å²) >= 11 is 0. The van der Waals surface area contributed by atoms with Gasteiger partial charge in [0, 0.05) is 22.9 Å². The Morgan fingerprint density at radius 3 is 2.10 bits per heavy atom. The van der Waals surface area contributed by atoms with E-state index in [1.165, 1.54) is 16.7 Å². The van der Waals surface area contributed by atoms with Gasteiger partial charge in [0.15, 0.2) is 6.20 Å². The van der Waals surface area contributed by atoms with Crippen LogP contribution in [0, 0.1) is 12.7 Å². The topological polar surface area (TPSA) is 17.0 Å². The quantitative estimate of drug-likeness (QED) is 0.212. The minimum Gasteiger partial charge on any atom is -0.454 e. The Hall–Kier alpha value is -3.46. The van der Waals surface area contributed by atoms with Crippen molar-refractivity contribution >= 4 is 21.9 Å². The number of hydrogen-bond acceptors (Lipinski definition) is 1. The fourth-order valence-corrected chi connectivity index (χ4v) is 7.45. The van der Waals surface area contributed by atoms with Crippen LogP contribution in [0.4, 0.5) is 4.39 Å². The fourth-order valence-electron chi connectivity index (χ4n) is 7.45. The molecular weight excluding hydrogens is 481 g/mol. The SMILES string of the molecule is Cc1ccc2c(oc3c(-c4ccc(C(C)(C)C)c5c4C(C)(C)CC5(C)C)c(F)ccc32)c1-c1cccc[n+]1C. The van der Waals surface area contributed by atoms with Gasteiger partial charge < -0.3 is 4.42 Å². The summed E-state index contributed by atoms with van der Waals surface area (Å²) in [6.45, 7) is 18.2. The van der Waals surface area contributed by atoms with Crippen LogP contribution in [0.3, 0.4) is 0 Å². The van der Waals surface area contributed by atoms with Crippen LogP contribution in [-0.2, 0) is 23.3 Å². The summed E-state index contributed by atoms with van der Waals surface area (Å²) in [5, 5.41) is 1.96. The molecule has 0 saturated carbocycles. The van der Waals surface area contributed by atoms with Crippen molar-refractivity contribution in [3.05, 3.63) is 88.9 Å². The standard InChI is InChI=1S/C36H39FNO/c1-21-13-14-22-23-16-18-26(37)29(33(23)39-32(22)28(21)27-12-10-11-19-38(27)9)24-15-17-25(34(2,3)4)31-30(24)35(5,6)20-36(31,7)8/h10-19H,20H2,1-9H3/q+1. The molecule has 1 aliphatic rings. The van der Waals surface area contributed by atoms with Crippen molar-refractivity contribution in [3.63, 3.8) is 0 Å². The van der Waals surface area contributed by atoms with E-state index in [0.717, 1.165) is 45.2 Å². The van der Waals surface area contributed by atoms with Crippen LogP contribution in [0.1, 0.15) is 77.1 Å². The third-order valence-electron chi connectivity index (χ3n) is 8.80. The minimum absolute atomic E-state index is 0.0119. The van der Waals surface area contributed by atoms with Crippen LogP contribution in [0.15, 0.2) is 65.2 Å². The first-order valence-electron chi connectivity index (χ1n) is 14.0. The normalized spacial score (nSPS) is 16.3. The van der Waals surface area contributed by atoms with Crippen LogP contribution in [0.2, 0.25) is 0 Å². The van der Waals surface area contributed by atoms with E-state index in [2.05, 4.69) is 90.3 Å². The van der Waals surface area contributed by atoms with Crippen molar-refractivity contribution in [1.29, 1.82) is 0 Å². The van der Waals surface area contributed by atoms with E-state index < -0.39 is 0 Å². The molecule has 2 aromatic heterocycles. The largest absolute Gasteiger partial charge is 0.454 e. The highest BCUT2D eigenvalue weighted by atomic mass is 19.1. The summed E-state index contributed by atoms with van der Waals surface area (Å²) in [7, 11) is 2.05. The molecule has 0 saturated heterocycles. The molecule has 0 amide bonds. The number of hydrogen-bond donors (Lipinski definition) is 0. The fraction of sp³-hybridized carbons (Fsp3) is 0.361. The molecule has 5 aromatic rings.